The zero-order chi connectivity index (χ0) is 14.1. The minimum Gasteiger partial charge on any atom is -0.396 e. The molecule has 0 fully saturated rings. The van der Waals surface area contributed by atoms with E-state index in [1.54, 1.807) is 0 Å². The molecule has 0 aromatic carbocycles. The second-order valence-corrected chi connectivity index (χ2v) is 5.50. The van der Waals surface area contributed by atoms with Gasteiger partial charge in [0.25, 0.3) is 0 Å². The van der Waals surface area contributed by atoms with Gasteiger partial charge in [-0.05, 0) is 12.8 Å². The van der Waals surface area contributed by atoms with Crippen LogP contribution in [0.1, 0.15) is 76.7 Å². The third-order valence-electron chi connectivity index (χ3n) is 3.74. The second kappa shape index (κ2) is 9.00. The highest BCUT2D eigenvalue weighted by Gasteiger charge is 2.15. The molecule has 3 heteroatoms. The number of rotatable bonds is 10. The third-order valence-corrected chi connectivity index (χ3v) is 3.74. The number of aryl methyl sites for hydroxylation is 1. The molecule has 0 atom stereocenters. The molecule has 1 heterocycles. The molecule has 0 radical (unpaired) electrons. The predicted octanol–water partition coefficient (Wildman–Crippen LogP) is 4.86. The topological polar surface area (TPSA) is 43.4 Å². The fourth-order valence-corrected chi connectivity index (χ4v) is 2.54. The van der Waals surface area contributed by atoms with Crippen molar-refractivity contribution in [2.24, 2.45) is 5.92 Å². The van der Waals surface area contributed by atoms with Crippen LogP contribution in [0.2, 0.25) is 0 Å². The van der Waals surface area contributed by atoms with E-state index in [1.807, 2.05) is 6.92 Å². The molecule has 110 valence electrons. The number of hydrogen-bond acceptors (Lipinski definition) is 3. The Morgan fingerprint density at radius 1 is 0.947 bits per heavy atom. The van der Waals surface area contributed by atoms with Crippen molar-refractivity contribution in [3.05, 3.63) is 22.1 Å². The smallest absolute Gasteiger partial charge is 0.396 e. The van der Waals surface area contributed by atoms with Gasteiger partial charge in [0.2, 0.25) is 0 Å². The molecule has 0 aliphatic carbocycles. The van der Waals surface area contributed by atoms with Crippen LogP contribution in [0, 0.1) is 12.8 Å². The van der Waals surface area contributed by atoms with Gasteiger partial charge in [0.05, 0.1) is 0 Å². The SMILES string of the molecule is CCCCCC(CCCCC)Cc1oc(=O)oc1C. The Kier molecular flexibility index (Phi) is 7.61. The molecular formula is C16H28O3. The van der Waals surface area contributed by atoms with Gasteiger partial charge in [0.15, 0.2) is 0 Å². The molecule has 3 nitrogen and oxygen atoms in total. The van der Waals surface area contributed by atoms with Crippen LogP contribution in [0.3, 0.4) is 0 Å². The van der Waals surface area contributed by atoms with Gasteiger partial charge in [-0.25, -0.2) is 4.79 Å². The average Bonchev–Trinajstić information content (AvgIpc) is 2.68. The lowest BCUT2D eigenvalue weighted by Gasteiger charge is -2.15. The molecule has 0 N–H and O–H groups in total. The van der Waals surface area contributed by atoms with E-state index in [-0.39, 0.29) is 0 Å². The van der Waals surface area contributed by atoms with Crippen LogP contribution in [0.5, 0.6) is 0 Å². The Bertz CT molecular complexity index is 379. The normalized spacial score (nSPS) is 11.4. The molecule has 0 amide bonds. The minimum atomic E-state index is -0.562. The summed E-state index contributed by atoms with van der Waals surface area (Å²) in [5.74, 6) is 1.47. The first-order valence-corrected chi connectivity index (χ1v) is 7.76. The maximum absolute atomic E-state index is 11.1. The second-order valence-electron chi connectivity index (χ2n) is 5.50. The fraction of sp³-hybridized carbons (Fsp3) is 0.812. The molecule has 0 saturated heterocycles. The molecule has 19 heavy (non-hydrogen) atoms. The summed E-state index contributed by atoms with van der Waals surface area (Å²) in [6.45, 7) is 6.27. The predicted molar refractivity (Wildman–Crippen MR) is 77.5 cm³/mol. The fourth-order valence-electron chi connectivity index (χ4n) is 2.54. The molecule has 1 aromatic rings. The monoisotopic (exact) mass is 268 g/mol. The summed E-state index contributed by atoms with van der Waals surface area (Å²) < 4.78 is 10.1. The van der Waals surface area contributed by atoms with E-state index in [0.717, 1.165) is 12.2 Å². The summed E-state index contributed by atoms with van der Waals surface area (Å²) in [5.41, 5.74) is 0. The van der Waals surface area contributed by atoms with Gasteiger partial charge >= 0.3 is 5.82 Å². The summed E-state index contributed by atoms with van der Waals surface area (Å²) >= 11 is 0. The van der Waals surface area contributed by atoms with Gasteiger partial charge in [0, 0.05) is 6.42 Å². The van der Waals surface area contributed by atoms with Crippen molar-refractivity contribution in [3.63, 3.8) is 0 Å². The maximum atomic E-state index is 11.1. The molecule has 0 aliphatic rings. The molecule has 0 unspecified atom stereocenters. The molecule has 0 saturated carbocycles. The summed E-state index contributed by atoms with van der Waals surface area (Å²) in [5, 5.41) is 0. The van der Waals surface area contributed by atoms with E-state index in [2.05, 4.69) is 13.8 Å². The van der Waals surface area contributed by atoms with Crippen molar-refractivity contribution < 1.29 is 8.83 Å². The van der Waals surface area contributed by atoms with E-state index < -0.39 is 5.82 Å². The van der Waals surface area contributed by atoms with Gasteiger partial charge in [-0.15, -0.1) is 0 Å². The summed E-state index contributed by atoms with van der Waals surface area (Å²) in [6, 6.07) is 0. The van der Waals surface area contributed by atoms with Crippen molar-refractivity contribution in [1.82, 2.24) is 0 Å². The van der Waals surface area contributed by atoms with Crippen LogP contribution < -0.4 is 5.82 Å². The molecule has 0 aliphatic heterocycles. The third kappa shape index (κ3) is 6.13. The highest BCUT2D eigenvalue weighted by atomic mass is 16.6. The first-order chi connectivity index (χ1) is 9.17. The van der Waals surface area contributed by atoms with Gasteiger partial charge < -0.3 is 8.83 Å². The number of hydrogen-bond donors (Lipinski definition) is 0. The van der Waals surface area contributed by atoms with Crippen LogP contribution >= 0.6 is 0 Å². The first kappa shape index (κ1) is 16.1. The lowest BCUT2D eigenvalue weighted by Crippen LogP contribution is -2.06. The van der Waals surface area contributed by atoms with Crippen molar-refractivity contribution >= 4 is 0 Å². The zero-order valence-electron chi connectivity index (χ0n) is 12.7. The van der Waals surface area contributed by atoms with Crippen molar-refractivity contribution in [1.29, 1.82) is 0 Å². The lowest BCUT2D eigenvalue weighted by molar-refractivity contribution is 0.344. The largest absolute Gasteiger partial charge is 0.519 e. The standard InChI is InChI=1S/C16H28O3/c1-4-6-8-10-14(11-9-7-5-2)12-15-13(3)18-16(17)19-15/h14H,4-12H2,1-3H3. The van der Waals surface area contributed by atoms with E-state index in [4.69, 9.17) is 8.83 Å². The van der Waals surface area contributed by atoms with Gasteiger partial charge in [-0.1, -0.05) is 65.2 Å². The quantitative estimate of drug-likeness (QED) is 0.569. The summed E-state index contributed by atoms with van der Waals surface area (Å²) in [7, 11) is 0. The van der Waals surface area contributed by atoms with E-state index >= 15 is 0 Å². The Labute approximate surface area is 116 Å². The Morgan fingerprint density at radius 3 is 1.95 bits per heavy atom. The van der Waals surface area contributed by atoms with Crippen LogP contribution in [0.15, 0.2) is 13.6 Å². The van der Waals surface area contributed by atoms with E-state index in [1.165, 1.54) is 51.4 Å². The molecule has 1 rings (SSSR count). The van der Waals surface area contributed by atoms with E-state index in [9.17, 15) is 4.79 Å². The Balaban J connectivity index is 2.51. The zero-order valence-corrected chi connectivity index (χ0v) is 12.7. The van der Waals surface area contributed by atoms with Crippen LogP contribution in [-0.4, -0.2) is 0 Å². The van der Waals surface area contributed by atoms with Crippen LogP contribution in [-0.2, 0) is 6.42 Å². The van der Waals surface area contributed by atoms with Crippen LogP contribution in [0.4, 0.5) is 0 Å². The van der Waals surface area contributed by atoms with Crippen molar-refractivity contribution in [2.45, 2.75) is 78.6 Å². The van der Waals surface area contributed by atoms with Gasteiger partial charge in [-0.2, -0.15) is 0 Å². The molecule has 0 spiro atoms. The van der Waals surface area contributed by atoms with Crippen molar-refractivity contribution in [2.75, 3.05) is 0 Å². The highest BCUT2D eigenvalue weighted by molar-refractivity contribution is 5.01. The Morgan fingerprint density at radius 2 is 1.53 bits per heavy atom. The summed E-state index contributed by atoms with van der Waals surface area (Å²) in [6.07, 6.45) is 10.9. The van der Waals surface area contributed by atoms with E-state index in [0.29, 0.717) is 11.7 Å². The maximum Gasteiger partial charge on any atom is 0.519 e. The lowest BCUT2D eigenvalue weighted by atomic mass is 9.91. The highest BCUT2D eigenvalue weighted by Crippen LogP contribution is 2.23. The minimum absolute atomic E-state index is 0.562. The van der Waals surface area contributed by atoms with Crippen molar-refractivity contribution in [3.8, 4) is 0 Å². The Hall–Kier alpha value is -0.990. The first-order valence-electron chi connectivity index (χ1n) is 7.76. The average molecular weight is 268 g/mol. The number of unbranched alkanes of at least 4 members (excludes halogenated alkanes) is 4. The summed E-state index contributed by atoms with van der Waals surface area (Å²) in [4.78, 5) is 11.1. The molecule has 0 bridgehead atoms. The van der Waals surface area contributed by atoms with Gasteiger partial charge in [0.1, 0.15) is 11.5 Å². The van der Waals surface area contributed by atoms with Crippen LogP contribution in [0.25, 0.3) is 0 Å². The molecular weight excluding hydrogens is 240 g/mol. The van der Waals surface area contributed by atoms with Gasteiger partial charge in [-0.3, -0.25) is 0 Å². The molecule has 1 aromatic heterocycles.